The Balaban J connectivity index is 0. The van der Waals surface area contributed by atoms with Gasteiger partial charge in [0.1, 0.15) is 0 Å². The van der Waals surface area contributed by atoms with Gasteiger partial charge in [-0.15, -0.1) is 6.58 Å². The van der Waals surface area contributed by atoms with Gasteiger partial charge in [-0.05, 0) is 31.4 Å². The Hall–Kier alpha value is -0.960. The maximum Gasteiger partial charge on any atom is 0.185 e. The summed E-state index contributed by atoms with van der Waals surface area (Å²) >= 11 is 9.77. The first-order chi connectivity index (χ1) is 8.01. The van der Waals surface area contributed by atoms with E-state index >= 15 is 0 Å². The average Bonchev–Trinajstić information content (AvgIpc) is 2.35. The van der Waals surface area contributed by atoms with Crippen LogP contribution in [0.4, 0.5) is 0 Å². The lowest BCUT2D eigenvalue weighted by Gasteiger charge is -2.14. The third-order valence-electron chi connectivity index (χ3n) is 1.40. The van der Waals surface area contributed by atoms with Crippen LogP contribution in [0.3, 0.4) is 0 Å². The Morgan fingerprint density at radius 1 is 1.24 bits per heavy atom. The lowest BCUT2D eigenvalue weighted by molar-refractivity contribution is 0.751. The van der Waals surface area contributed by atoms with E-state index in [1.165, 1.54) is 0 Å². The number of hydrogen-bond acceptors (Lipinski definition) is 4. The Kier molecular flexibility index (Phi) is 14.2. The Morgan fingerprint density at radius 3 is 2.06 bits per heavy atom. The molecule has 0 saturated carbocycles. The van der Waals surface area contributed by atoms with Gasteiger partial charge in [-0.2, -0.15) is 0 Å². The van der Waals surface area contributed by atoms with E-state index in [4.69, 9.17) is 35.9 Å². The first-order valence-corrected chi connectivity index (χ1v) is 5.90. The predicted octanol–water partition coefficient (Wildman–Crippen LogP) is -1.06. The maximum atomic E-state index is 4.94. The number of rotatable bonds is 3. The molecule has 0 fully saturated rings. The zero-order valence-electron chi connectivity index (χ0n) is 10.2. The first-order valence-electron chi connectivity index (χ1n) is 5.08. The minimum atomic E-state index is 0.130. The summed E-state index contributed by atoms with van der Waals surface area (Å²) in [5.74, 6) is 0. The molecule has 1 unspecified atom stereocenters. The summed E-state index contributed by atoms with van der Waals surface area (Å²) in [5.41, 5.74) is 15.2. The molecule has 6 nitrogen and oxygen atoms in total. The lowest BCUT2D eigenvalue weighted by atomic mass is 10.3. The molecule has 8 heteroatoms. The van der Waals surface area contributed by atoms with Crippen molar-refractivity contribution in [2.45, 2.75) is 13.0 Å². The number of nitrogens with one attached hydrogen (secondary N) is 4. The smallest absolute Gasteiger partial charge is 0.185 e. The number of nitrogens with two attached hydrogens (primary N) is 2. The minimum absolute atomic E-state index is 0.130. The molecule has 8 N–H and O–H groups in total. The summed E-state index contributed by atoms with van der Waals surface area (Å²) in [6.07, 6.45) is 1.75. The van der Waals surface area contributed by atoms with Crippen LogP contribution in [0.25, 0.3) is 0 Å². The molecule has 0 radical (unpaired) electrons. The Morgan fingerprint density at radius 2 is 1.71 bits per heavy atom. The standard InChI is InChI=1S/C7H14N4S2.C2H8N2/c1-4-5(2)9-7(13)11-10-6(12)8-3;3-1-2-4/h4-5H,1H2,2-3H3,(H2,8,10,12)(H2,9,11,13);1-4H2. The summed E-state index contributed by atoms with van der Waals surface area (Å²) in [6.45, 7) is 6.75. The molecular formula is C9H22N6S2. The van der Waals surface area contributed by atoms with Crippen LogP contribution in [-0.4, -0.2) is 36.4 Å². The van der Waals surface area contributed by atoms with Gasteiger partial charge in [0.2, 0.25) is 0 Å². The van der Waals surface area contributed by atoms with Crippen molar-refractivity contribution in [3.63, 3.8) is 0 Å². The highest BCUT2D eigenvalue weighted by Gasteiger charge is 1.98. The van der Waals surface area contributed by atoms with Gasteiger partial charge in [0.25, 0.3) is 0 Å². The maximum absolute atomic E-state index is 4.94. The first kappa shape index (κ1) is 18.4. The van der Waals surface area contributed by atoms with E-state index in [1.807, 2.05) is 6.92 Å². The quantitative estimate of drug-likeness (QED) is 0.221. The molecule has 0 rings (SSSR count). The van der Waals surface area contributed by atoms with Gasteiger partial charge >= 0.3 is 0 Å². The zero-order chi connectivity index (χ0) is 13.7. The molecule has 0 aromatic heterocycles. The summed E-state index contributed by atoms with van der Waals surface area (Å²) < 4.78 is 0. The van der Waals surface area contributed by atoms with Gasteiger partial charge in [-0.1, -0.05) is 6.08 Å². The highest BCUT2D eigenvalue weighted by atomic mass is 32.1. The van der Waals surface area contributed by atoms with E-state index in [2.05, 4.69) is 28.1 Å². The van der Waals surface area contributed by atoms with Crippen LogP contribution < -0.4 is 33.0 Å². The highest BCUT2D eigenvalue weighted by Crippen LogP contribution is 1.79. The highest BCUT2D eigenvalue weighted by molar-refractivity contribution is 7.80. The minimum Gasteiger partial charge on any atom is -0.364 e. The molecule has 0 aliphatic rings. The van der Waals surface area contributed by atoms with Crippen LogP contribution in [-0.2, 0) is 0 Å². The Bertz CT molecular complexity index is 232. The monoisotopic (exact) mass is 278 g/mol. The third kappa shape index (κ3) is 15.0. The molecule has 0 aromatic rings. The van der Waals surface area contributed by atoms with E-state index in [1.54, 1.807) is 13.1 Å². The lowest BCUT2D eigenvalue weighted by Crippen LogP contribution is -2.50. The largest absolute Gasteiger partial charge is 0.364 e. The van der Waals surface area contributed by atoms with Crippen LogP contribution in [0.5, 0.6) is 0 Å². The van der Waals surface area contributed by atoms with Gasteiger partial charge in [0.15, 0.2) is 10.2 Å². The predicted molar refractivity (Wildman–Crippen MR) is 81.4 cm³/mol. The molecule has 0 heterocycles. The molecule has 100 valence electrons. The molecule has 0 amide bonds. The van der Waals surface area contributed by atoms with E-state index in [0.29, 0.717) is 23.3 Å². The number of thiocarbonyl (C=S) groups is 2. The van der Waals surface area contributed by atoms with Crippen molar-refractivity contribution in [1.29, 1.82) is 0 Å². The summed E-state index contributed by atoms with van der Waals surface area (Å²) in [4.78, 5) is 0. The Labute approximate surface area is 114 Å². The summed E-state index contributed by atoms with van der Waals surface area (Å²) in [5, 5.41) is 6.66. The number of hydrazine groups is 1. The second kappa shape index (κ2) is 13.1. The van der Waals surface area contributed by atoms with E-state index in [0.717, 1.165) is 0 Å². The van der Waals surface area contributed by atoms with Crippen LogP contribution in [0.2, 0.25) is 0 Å². The van der Waals surface area contributed by atoms with Gasteiger partial charge in [-0.25, -0.2) is 0 Å². The van der Waals surface area contributed by atoms with Crippen molar-refractivity contribution in [2.75, 3.05) is 20.1 Å². The second-order valence-corrected chi connectivity index (χ2v) is 3.72. The fourth-order valence-electron chi connectivity index (χ4n) is 0.478. The van der Waals surface area contributed by atoms with E-state index in [-0.39, 0.29) is 6.04 Å². The molecule has 17 heavy (non-hydrogen) atoms. The van der Waals surface area contributed by atoms with Gasteiger partial charge in [0.05, 0.1) is 0 Å². The second-order valence-electron chi connectivity index (χ2n) is 2.90. The van der Waals surface area contributed by atoms with Gasteiger partial charge < -0.3 is 22.1 Å². The SMILES string of the molecule is C=CC(C)NC(=S)NNC(=S)NC.NCCN. The molecule has 0 spiro atoms. The van der Waals surface area contributed by atoms with E-state index in [9.17, 15) is 0 Å². The molecule has 0 aliphatic heterocycles. The normalized spacial score (nSPS) is 10.1. The molecule has 0 aromatic carbocycles. The summed E-state index contributed by atoms with van der Waals surface area (Å²) in [6, 6.07) is 0.130. The van der Waals surface area contributed by atoms with Crippen LogP contribution in [0, 0.1) is 0 Å². The van der Waals surface area contributed by atoms with Crippen molar-refractivity contribution >= 4 is 34.7 Å². The zero-order valence-corrected chi connectivity index (χ0v) is 11.9. The van der Waals surface area contributed by atoms with Crippen molar-refractivity contribution in [1.82, 2.24) is 21.5 Å². The molecule has 1 atom stereocenters. The molecule has 0 saturated heterocycles. The molecule has 0 aliphatic carbocycles. The molecule has 0 bridgehead atoms. The van der Waals surface area contributed by atoms with Crippen molar-refractivity contribution < 1.29 is 0 Å². The van der Waals surface area contributed by atoms with Crippen LogP contribution >= 0.6 is 24.4 Å². The van der Waals surface area contributed by atoms with Crippen molar-refractivity contribution in [2.24, 2.45) is 11.5 Å². The fraction of sp³-hybridized carbons (Fsp3) is 0.556. The molecular weight excluding hydrogens is 256 g/mol. The van der Waals surface area contributed by atoms with Crippen LogP contribution in [0.1, 0.15) is 6.92 Å². The summed E-state index contributed by atoms with van der Waals surface area (Å²) in [7, 11) is 1.72. The average molecular weight is 278 g/mol. The van der Waals surface area contributed by atoms with Crippen molar-refractivity contribution in [3.05, 3.63) is 12.7 Å². The van der Waals surface area contributed by atoms with Gasteiger partial charge in [-0.3, -0.25) is 10.9 Å². The third-order valence-corrected chi connectivity index (χ3v) is 1.92. The van der Waals surface area contributed by atoms with Crippen molar-refractivity contribution in [3.8, 4) is 0 Å². The number of hydrogen-bond donors (Lipinski definition) is 6. The fourth-order valence-corrected chi connectivity index (χ4v) is 0.766. The van der Waals surface area contributed by atoms with Crippen LogP contribution in [0.15, 0.2) is 12.7 Å². The van der Waals surface area contributed by atoms with Gasteiger partial charge in [0, 0.05) is 26.2 Å². The topological polar surface area (TPSA) is 100 Å². The van der Waals surface area contributed by atoms with E-state index < -0.39 is 0 Å².